The first kappa shape index (κ1) is 22.0. The molecule has 0 amide bonds. The Morgan fingerprint density at radius 1 is 1.32 bits per heavy atom. The molecule has 0 spiro atoms. The van der Waals surface area contributed by atoms with Gasteiger partial charge in [0, 0.05) is 46.0 Å². The van der Waals surface area contributed by atoms with E-state index in [2.05, 4.69) is 66.1 Å². The zero-order chi connectivity index (χ0) is 20.7. The van der Waals surface area contributed by atoms with Gasteiger partial charge in [-0.15, -0.1) is 0 Å². The summed E-state index contributed by atoms with van der Waals surface area (Å²) in [5, 5.41) is 8.14. The van der Waals surface area contributed by atoms with Crippen molar-refractivity contribution in [2.45, 2.75) is 46.2 Å². The Balaban J connectivity index is 2.08. The number of nitrogens with zero attached hydrogens (tertiary/aromatic N) is 5. The van der Waals surface area contributed by atoms with Crippen LogP contribution in [0.1, 0.15) is 56.7 Å². The Morgan fingerprint density at radius 2 is 2.04 bits per heavy atom. The van der Waals surface area contributed by atoms with E-state index in [0.717, 1.165) is 43.6 Å². The van der Waals surface area contributed by atoms with E-state index in [1.807, 2.05) is 30.9 Å². The molecule has 0 bridgehead atoms. The maximum Gasteiger partial charge on any atom is 0.193 e. The number of likely N-dealkylation sites (N-methyl/N-ethyl adjacent to an activating group) is 1. The first-order chi connectivity index (χ1) is 13.4. The van der Waals surface area contributed by atoms with E-state index in [9.17, 15) is 0 Å². The lowest BCUT2D eigenvalue weighted by Crippen LogP contribution is -2.43. The Morgan fingerprint density at radius 3 is 2.57 bits per heavy atom. The minimum Gasteiger partial charge on any atom is -0.468 e. The Hall–Kier alpha value is -2.28. The highest BCUT2D eigenvalue weighted by Crippen LogP contribution is 2.21. The summed E-state index contributed by atoms with van der Waals surface area (Å²) in [6, 6.07) is 4.16. The van der Waals surface area contributed by atoms with Crippen molar-refractivity contribution in [3.05, 3.63) is 41.6 Å². The van der Waals surface area contributed by atoms with Gasteiger partial charge in [-0.05, 0) is 31.1 Å². The van der Waals surface area contributed by atoms with Gasteiger partial charge in [0.2, 0.25) is 0 Å². The predicted octanol–water partition coefficient (Wildman–Crippen LogP) is 3.23. The molecule has 2 aromatic heterocycles. The highest BCUT2D eigenvalue weighted by molar-refractivity contribution is 5.79. The summed E-state index contributed by atoms with van der Waals surface area (Å²) in [6.07, 6.45) is 3.84. The van der Waals surface area contributed by atoms with Crippen LogP contribution in [-0.2, 0) is 13.6 Å². The summed E-state index contributed by atoms with van der Waals surface area (Å²) in [4.78, 5) is 9.01. The van der Waals surface area contributed by atoms with Gasteiger partial charge >= 0.3 is 0 Å². The second kappa shape index (κ2) is 10.3. The summed E-state index contributed by atoms with van der Waals surface area (Å²) in [6.45, 7) is 12.1. The number of hydrogen-bond donors (Lipinski definition) is 1. The van der Waals surface area contributed by atoms with Gasteiger partial charge in [-0.2, -0.15) is 5.10 Å². The Labute approximate surface area is 169 Å². The third-order valence-corrected chi connectivity index (χ3v) is 5.04. The molecule has 2 aromatic rings. The predicted molar refractivity (Wildman–Crippen MR) is 114 cm³/mol. The van der Waals surface area contributed by atoms with Crippen LogP contribution >= 0.6 is 0 Å². The minimum absolute atomic E-state index is 0.166. The molecule has 1 atom stereocenters. The van der Waals surface area contributed by atoms with Crippen molar-refractivity contribution in [3.8, 4) is 0 Å². The van der Waals surface area contributed by atoms with Crippen molar-refractivity contribution < 1.29 is 4.42 Å². The van der Waals surface area contributed by atoms with Gasteiger partial charge in [0.15, 0.2) is 5.96 Å². The average molecular weight is 389 g/mol. The van der Waals surface area contributed by atoms with Gasteiger partial charge < -0.3 is 14.6 Å². The number of furan rings is 1. The quantitative estimate of drug-likeness (QED) is 0.528. The number of aryl methyl sites for hydroxylation is 1. The molecule has 28 heavy (non-hydrogen) atoms. The second-order valence-electron chi connectivity index (χ2n) is 7.40. The lowest BCUT2D eigenvalue weighted by Gasteiger charge is -2.30. The van der Waals surface area contributed by atoms with E-state index in [4.69, 9.17) is 4.42 Å². The summed E-state index contributed by atoms with van der Waals surface area (Å²) in [7, 11) is 5.86. The van der Waals surface area contributed by atoms with E-state index in [1.54, 1.807) is 6.26 Å². The zero-order valence-corrected chi connectivity index (χ0v) is 18.4. The highest BCUT2D eigenvalue weighted by Gasteiger charge is 2.22. The van der Waals surface area contributed by atoms with Crippen LogP contribution in [0.15, 0.2) is 34.0 Å². The number of hydrogen-bond acceptors (Lipinski definition) is 4. The van der Waals surface area contributed by atoms with Crippen LogP contribution in [0.4, 0.5) is 0 Å². The molecular formula is C21H36N6O. The van der Waals surface area contributed by atoms with Gasteiger partial charge in [0.1, 0.15) is 5.76 Å². The summed E-state index contributed by atoms with van der Waals surface area (Å²) in [5.74, 6) is 2.23. The molecular weight excluding hydrogens is 352 g/mol. The fraction of sp³-hybridized carbons (Fsp3) is 0.619. The maximum absolute atomic E-state index is 5.70. The van der Waals surface area contributed by atoms with E-state index >= 15 is 0 Å². The van der Waals surface area contributed by atoms with E-state index in [1.165, 1.54) is 5.56 Å². The zero-order valence-electron chi connectivity index (χ0n) is 18.4. The molecule has 7 heteroatoms. The molecule has 0 radical (unpaired) electrons. The van der Waals surface area contributed by atoms with Crippen molar-refractivity contribution >= 4 is 5.96 Å². The topological polar surface area (TPSA) is 61.8 Å². The van der Waals surface area contributed by atoms with Gasteiger partial charge in [-0.3, -0.25) is 14.6 Å². The van der Waals surface area contributed by atoms with E-state index in [-0.39, 0.29) is 6.04 Å². The van der Waals surface area contributed by atoms with Crippen molar-refractivity contribution in [3.63, 3.8) is 0 Å². The number of aliphatic imine (C=N–C) groups is 1. The lowest BCUT2D eigenvalue weighted by molar-refractivity contribution is 0.192. The van der Waals surface area contributed by atoms with Crippen LogP contribution in [0.25, 0.3) is 0 Å². The fourth-order valence-electron chi connectivity index (χ4n) is 3.62. The van der Waals surface area contributed by atoms with Gasteiger partial charge in [0.25, 0.3) is 0 Å². The monoisotopic (exact) mass is 388 g/mol. The molecule has 7 nitrogen and oxygen atoms in total. The molecule has 0 fully saturated rings. The standard InChI is InChI=1S/C21H36N6O/c1-8-27(9-2)18(19-11-10-12-28-19)13-23-21(22-5)25(6)14-17-15-26(7)24-20(17)16(3)4/h10-12,15-16,18H,8-9,13-14H2,1-7H3,(H,22,23). The molecule has 0 aliphatic carbocycles. The largest absolute Gasteiger partial charge is 0.468 e. The molecule has 156 valence electrons. The third-order valence-electron chi connectivity index (χ3n) is 5.04. The fourth-order valence-corrected chi connectivity index (χ4v) is 3.62. The SMILES string of the molecule is CCN(CC)C(CNC(=NC)N(C)Cc1cn(C)nc1C(C)C)c1ccco1. The third kappa shape index (κ3) is 5.38. The molecule has 0 aromatic carbocycles. The van der Waals surface area contributed by atoms with Crippen LogP contribution in [-0.4, -0.2) is 59.3 Å². The molecule has 1 N–H and O–H groups in total. The van der Waals surface area contributed by atoms with Gasteiger partial charge in [0.05, 0.1) is 18.0 Å². The van der Waals surface area contributed by atoms with Crippen molar-refractivity contribution in [2.75, 3.05) is 33.7 Å². The van der Waals surface area contributed by atoms with Crippen molar-refractivity contribution in [1.29, 1.82) is 0 Å². The van der Waals surface area contributed by atoms with Gasteiger partial charge in [-0.1, -0.05) is 27.7 Å². The molecule has 2 rings (SSSR count). The van der Waals surface area contributed by atoms with E-state index in [0.29, 0.717) is 5.92 Å². The summed E-state index contributed by atoms with van der Waals surface area (Å²) in [5.41, 5.74) is 2.37. The average Bonchev–Trinajstić information content (AvgIpc) is 3.31. The van der Waals surface area contributed by atoms with Crippen LogP contribution in [0.3, 0.4) is 0 Å². The Kier molecular flexibility index (Phi) is 8.11. The maximum atomic E-state index is 5.70. The molecule has 2 heterocycles. The summed E-state index contributed by atoms with van der Waals surface area (Å²) >= 11 is 0. The smallest absolute Gasteiger partial charge is 0.193 e. The van der Waals surface area contributed by atoms with Crippen LogP contribution < -0.4 is 5.32 Å². The molecule has 1 unspecified atom stereocenters. The lowest BCUT2D eigenvalue weighted by atomic mass is 10.1. The first-order valence-corrected chi connectivity index (χ1v) is 10.1. The van der Waals surface area contributed by atoms with Crippen molar-refractivity contribution in [1.82, 2.24) is 24.9 Å². The number of aromatic nitrogens is 2. The molecule has 0 aliphatic heterocycles. The number of guanidine groups is 1. The van der Waals surface area contributed by atoms with E-state index < -0.39 is 0 Å². The second-order valence-corrected chi connectivity index (χ2v) is 7.40. The number of nitrogens with one attached hydrogen (secondary N) is 1. The Bertz CT molecular complexity index is 730. The van der Waals surface area contributed by atoms with Crippen LogP contribution in [0.5, 0.6) is 0 Å². The minimum atomic E-state index is 0.166. The molecule has 0 aliphatic rings. The number of rotatable bonds is 9. The normalized spacial score (nSPS) is 13.4. The molecule has 0 saturated carbocycles. The summed E-state index contributed by atoms with van der Waals surface area (Å²) < 4.78 is 7.59. The van der Waals surface area contributed by atoms with Crippen LogP contribution in [0, 0.1) is 0 Å². The van der Waals surface area contributed by atoms with Crippen molar-refractivity contribution in [2.24, 2.45) is 12.0 Å². The molecule has 0 saturated heterocycles. The highest BCUT2D eigenvalue weighted by atomic mass is 16.3. The van der Waals surface area contributed by atoms with Gasteiger partial charge in [-0.25, -0.2) is 0 Å². The first-order valence-electron chi connectivity index (χ1n) is 10.1. The van der Waals surface area contributed by atoms with Crippen LogP contribution in [0.2, 0.25) is 0 Å².